The van der Waals surface area contributed by atoms with Gasteiger partial charge in [0.2, 0.25) is 0 Å². The Balaban J connectivity index is 1.46. The van der Waals surface area contributed by atoms with Crippen LogP contribution in [0, 0.1) is 0 Å². The molecule has 0 N–H and O–H groups in total. The summed E-state index contributed by atoms with van der Waals surface area (Å²) >= 11 is 0. The lowest BCUT2D eigenvalue weighted by atomic mass is 9.75. The number of benzene rings is 4. The molecule has 0 atom stereocenters. The summed E-state index contributed by atoms with van der Waals surface area (Å²) in [4.78, 5) is 0. The molecule has 0 radical (unpaired) electrons. The number of hydrogen-bond acceptors (Lipinski definition) is 2. The van der Waals surface area contributed by atoms with Gasteiger partial charge in [-0.25, -0.2) is 0 Å². The van der Waals surface area contributed by atoms with Crippen LogP contribution in [0.4, 0.5) is 0 Å². The molecular formula is C31H28O2. The molecular weight excluding hydrogens is 404 g/mol. The zero-order valence-corrected chi connectivity index (χ0v) is 19.2. The van der Waals surface area contributed by atoms with Crippen molar-refractivity contribution in [2.45, 2.75) is 31.1 Å². The minimum atomic E-state index is 0.135. The van der Waals surface area contributed by atoms with Gasteiger partial charge < -0.3 is 9.47 Å². The molecule has 6 rings (SSSR count). The molecule has 2 nitrogen and oxygen atoms in total. The molecule has 0 bridgehead atoms. The first kappa shape index (κ1) is 20.1. The van der Waals surface area contributed by atoms with Crippen LogP contribution in [0.3, 0.4) is 0 Å². The van der Waals surface area contributed by atoms with Crippen LogP contribution in [-0.4, -0.2) is 14.2 Å². The van der Waals surface area contributed by atoms with E-state index < -0.39 is 0 Å². The van der Waals surface area contributed by atoms with E-state index in [1.807, 2.05) is 24.3 Å². The lowest BCUT2D eigenvalue weighted by Gasteiger charge is -2.27. The second-order valence-corrected chi connectivity index (χ2v) is 9.27. The van der Waals surface area contributed by atoms with Crippen LogP contribution in [0.25, 0.3) is 33.4 Å². The zero-order chi connectivity index (χ0) is 22.4. The summed E-state index contributed by atoms with van der Waals surface area (Å²) in [6.45, 7) is 0. The maximum atomic E-state index is 5.35. The molecule has 0 saturated heterocycles. The molecule has 2 aliphatic rings. The fourth-order valence-corrected chi connectivity index (χ4v) is 5.94. The Hall–Kier alpha value is -3.52. The highest BCUT2D eigenvalue weighted by Gasteiger charge is 2.45. The van der Waals surface area contributed by atoms with Crippen molar-refractivity contribution < 1.29 is 9.47 Å². The summed E-state index contributed by atoms with van der Waals surface area (Å²) < 4.78 is 10.7. The molecule has 0 heterocycles. The van der Waals surface area contributed by atoms with Gasteiger partial charge in [0.15, 0.2) is 0 Å². The zero-order valence-electron chi connectivity index (χ0n) is 19.2. The first-order valence-corrected chi connectivity index (χ1v) is 11.8. The summed E-state index contributed by atoms with van der Waals surface area (Å²) in [5.41, 5.74) is 11.0. The molecule has 0 aliphatic heterocycles. The Morgan fingerprint density at radius 1 is 0.515 bits per heavy atom. The molecule has 1 spiro atoms. The van der Waals surface area contributed by atoms with Gasteiger partial charge in [-0.1, -0.05) is 61.4 Å². The van der Waals surface area contributed by atoms with E-state index >= 15 is 0 Å². The van der Waals surface area contributed by atoms with E-state index in [2.05, 4.69) is 60.7 Å². The minimum Gasteiger partial charge on any atom is -0.497 e. The van der Waals surface area contributed by atoms with Gasteiger partial charge in [0.05, 0.1) is 14.2 Å². The molecule has 1 saturated carbocycles. The molecule has 164 valence electrons. The Labute approximate surface area is 195 Å². The van der Waals surface area contributed by atoms with Gasteiger partial charge >= 0.3 is 0 Å². The summed E-state index contributed by atoms with van der Waals surface area (Å²) in [5.74, 6) is 1.79. The molecule has 4 aromatic rings. The highest BCUT2D eigenvalue weighted by molar-refractivity contribution is 5.86. The highest BCUT2D eigenvalue weighted by Crippen LogP contribution is 2.58. The van der Waals surface area contributed by atoms with Gasteiger partial charge in [-0.05, 0) is 93.7 Å². The van der Waals surface area contributed by atoms with E-state index in [-0.39, 0.29) is 5.41 Å². The smallest absolute Gasteiger partial charge is 0.118 e. The third-order valence-electron chi connectivity index (χ3n) is 7.66. The van der Waals surface area contributed by atoms with E-state index in [0.29, 0.717) is 0 Å². The van der Waals surface area contributed by atoms with Crippen LogP contribution in [0.1, 0.15) is 36.8 Å². The average Bonchev–Trinajstić information content (AvgIpc) is 3.48. The lowest BCUT2D eigenvalue weighted by molar-refractivity contribution is 0.415. The quantitative estimate of drug-likeness (QED) is 0.326. The predicted molar refractivity (Wildman–Crippen MR) is 135 cm³/mol. The van der Waals surface area contributed by atoms with E-state index in [0.717, 1.165) is 11.5 Å². The molecule has 4 aromatic carbocycles. The minimum absolute atomic E-state index is 0.135. The van der Waals surface area contributed by atoms with Gasteiger partial charge in [-0.15, -0.1) is 0 Å². The third-order valence-corrected chi connectivity index (χ3v) is 7.66. The SMILES string of the molecule is COc1ccc(-c2ccc3c(c2)C2(CCCC2)c2cc(-c4ccc(OC)cc4)ccc2-3)cc1. The maximum Gasteiger partial charge on any atom is 0.118 e. The van der Waals surface area contributed by atoms with Crippen LogP contribution in [0.5, 0.6) is 11.5 Å². The molecule has 33 heavy (non-hydrogen) atoms. The Morgan fingerprint density at radius 2 is 0.909 bits per heavy atom. The summed E-state index contributed by atoms with van der Waals surface area (Å²) in [7, 11) is 3.43. The largest absolute Gasteiger partial charge is 0.497 e. The van der Waals surface area contributed by atoms with Gasteiger partial charge in [-0.2, -0.15) is 0 Å². The van der Waals surface area contributed by atoms with Gasteiger partial charge in [0.1, 0.15) is 11.5 Å². The Morgan fingerprint density at radius 3 is 1.30 bits per heavy atom. The molecule has 0 aromatic heterocycles. The number of methoxy groups -OCH3 is 2. The monoisotopic (exact) mass is 432 g/mol. The van der Waals surface area contributed by atoms with Crippen molar-refractivity contribution in [2.24, 2.45) is 0 Å². The first-order chi connectivity index (χ1) is 16.2. The van der Waals surface area contributed by atoms with E-state index in [9.17, 15) is 0 Å². The fourth-order valence-electron chi connectivity index (χ4n) is 5.94. The van der Waals surface area contributed by atoms with E-state index in [1.165, 1.54) is 70.2 Å². The summed E-state index contributed by atoms with van der Waals surface area (Å²) in [6.07, 6.45) is 5.03. The van der Waals surface area contributed by atoms with Crippen molar-refractivity contribution in [3.05, 3.63) is 96.1 Å². The van der Waals surface area contributed by atoms with Crippen LogP contribution < -0.4 is 9.47 Å². The normalized spacial score (nSPS) is 15.3. The lowest BCUT2D eigenvalue weighted by Crippen LogP contribution is -2.20. The second-order valence-electron chi connectivity index (χ2n) is 9.27. The molecule has 2 aliphatic carbocycles. The van der Waals surface area contributed by atoms with Crippen molar-refractivity contribution in [1.29, 1.82) is 0 Å². The van der Waals surface area contributed by atoms with Gasteiger partial charge in [0.25, 0.3) is 0 Å². The van der Waals surface area contributed by atoms with Crippen LogP contribution in [0.2, 0.25) is 0 Å². The summed E-state index contributed by atoms with van der Waals surface area (Å²) in [6, 6.07) is 31.0. The third kappa shape index (κ3) is 3.16. The molecule has 0 unspecified atom stereocenters. The van der Waals surface area contributed by atoms with E-state index in [1.54, 1.807) is 14.2 Å². The van der Waals surface area contributed by atoms with Crippen LogP contribution in [-0.2, 0) is 5.41 Å². The van der Waals surface area contributed by atoms with Crippen molar-refractivity contribution in [3.63, 3.8) is 0 Å². The average molecular weight is 433 g/mol. The van der Waals surface area contributed by atoms with Gasteiger partial charge in [0, 0.05) is 5.41 Å². The fraction of sp³-hybridized carbons (Fsp3) is 0.226. The number of fused-ring (bicyclic) bond motifs is 5. The van der Waals surface area contributed by atoms with Crippen molar-refractivity contribution >= 4 is 0 Å². The topological polar surface area (TPSA) is 18.5 Å². The molecule has 2 heteroatoms. The van der Waals surface area contributed by atoms with Crippen molar-refractivity contribution in [1.82, 2.24) is 0 Å². The second kappa shape index (κ2) is 7.81. The Kier molecular flexibility index (Phi) is 4.76. The summed E-state index contributed by atoms with van der Waals surface area (Å²) in [5, 5.41) is 0. The highest BCUT2D eigenvalue weighted by atomic mass is 16.5. The van der Waals surface area contributed by atoms with Crippen molar-refractivity contribution in [3.8, 4) is 44.9 Å². The number of hydrogen-bond donors (Lipinski definition) is 0. The van der Waals surface area contributed by atoms with Crippen molar-refractivity contribution in [2.75, 3.05) is 14.2 Å². The van der Waals surface area contributed by atoms with Crippen LogP contribution >= 0.6 is 0 Å². The Bertz CT molecular complexity index is 1210. The van der Waals surface area contributed by atoms with E-state index in [4.69, 9.17) is 9.47 Å². The first-order valence-electron chi connectivity index (χ1n) is 11.8. The number of rotatable bonds is 4. The molecule has 1 fully saturated rings. The van der Waals surface area contributed by atoms with Gasteiger partial charge in [-0.3, -0.25) is 0 Å². The van der Waals surface area contributed by atoms with Crippen LogP contribution in [0.15, 0.2) is 84.9 Å². The standard InChI is InChI=1S/C31H28O2/c1-32-25-11-5-21(6-12-25)23-9-15-27-28-16-10-24(22-7-13-26(33-2)14-8-22)20-30(28)31(29(27)19-23)17-3-4-18-31/h5-16,19-20H,3-4,17-18H2,1-2H3. The maximum absolute atomic E-state index is 5.35. The molecule has 0 amide bonds. The predicted octanol–water partition coefficient (Wildman–Crippen LogP) is 7.88. The number of ether oxygens (including phenoxy) is 2.